The molecule has 139 heavy (non-hydrogen) atoms. The number of aromatic hydroxyl groups is 1. The molecule has 0 amide bonds. The second kappa shape index (κ2) is 59.5. The highest BCUT2D eigenvalue weighted by Gasteiger charge is 2.37. The largest absolute Gasteiger partial charge is 0.506 e. The van der Waals surface area contributed by atoms with Gasteiger partial charge < -0.3 is 138 Å². The normalized spacial score (nSPS) is 18.4. The lowest BCUT2D eigenvalue weighted by Gasteiger charge is -2.28. The first-order valence-corrected chi connectivity index (χ1v) is 47.1. The lowest BCUT2D eigenvalue weighted by Crippen LogP contribution is -2.47. The Hall–Kier alpha value is -9.41. The highest BCUT2D eigenvalue weighted by Crippen LogP contribution is 2.39. The molecule has 9 aromatic rings. The molecule has 2 aliphatic heterocycles. The monoisotopic (exact) mass is 1990 g/mol. The molecular weight excluding hydrogens is 1850 g/mol. The number of nitrogens with zero attached hydrogens (tertiary/aromatic N) is 7. The number of likely N-dealkylation sites (N-methyl/N-ethyl adjacent to an activating group) is 1. The minimum atomic E-state index is -1.86. The van der Waals surface area contributed by atoms with Crippen LogP contribution in [0.1, 0.15) is 83.4 Å². The molecule has 0 bridgehead atoms. The zero-order chi connectivity index (χ0) is 102. The van der Waals surface area contributed by atoms with Gasteiger partial charge >= 0.3 is 0 Å². The van der Waals surface area contributed by atoms with Crippen molar-refractivity contribution in [3.05, 3.63) is 233 Å². The highest BCUT2D eigenvalue weighted by atomic mass is 35.5. The van der Waals surface area contributed by atoms with Crippen molar-refractivity contribution in [1.29, 1.82) is 0 Å². The molecule has 3 heterocycles. The minimum absolute atomic E-state index is 0.00375. The summed E-state index contributed by atoms with van der Waals surface area (Å²) in [6.07, 6.45) is -23.3. The van der Waals surface area contributed by atoms with E-state index in [1.165, 1.54) is 5.56 Å². The smallest absolute Gasteiger partial charge is 0.146 e. The number of aromatic nitrogens is 1. The average Bonchev–Trinajstić information content (AvgIpc) is 1.72. The summed E-state index contributed by atoms with van der Waals surface area (Å²) in [6.45, 7) is 4.72. The zero-order valence-corrected chi connectivity index (χ0v) is 80.3. The summed E-state index contributed by atoms with van der Waals surface area (Å²) in [4.78, 5) is 12.8. The Morgan fingerprint density at radius 3 is 1.53 bits per heavy atom. The predicted molar refractivity (Wildman–Crippen MR) is 532 cm³/mol. The molecule has 22 atom stereocenters. The summed E-state index contributed by atoms with van der Waals surface area (Å²) in [5.74, 6) is 0.00263. The van der Waals surface area contributed by atoms with Crippen LogP contribution < -0.4 is 25.8 Å². The number of aliphatic hydroxyl groups is 20. The topological polar surface area (TPSA) is 511 Å². The van der Waals surface area contributed by atoms with Gasteiger partial charge in [-0.15, -0.1) is 17.9 Å². The van der Waals surface area contributed by atoms with Crippen LogP contribution in [0.15, 0.2) is 199 Å². The fourth-order valence-corrected chi connectivity index (χ4v) is 16.4. The number of hydrogen-bond donors (Lipinski definition) is 24. The van der Waals surface area contributed by atoms with Gasteiger partial charge in [0, 0.05) is 107 Å². The molecule has 38 heteroatoms. The highest BCUT2D eigenvalue weighted by molar-refractivity contribution is 7.21. The maximum atomic E-state index is 14.4. The molecule has 11 rings (SSSR count). The van der Waals surface area contributed by atoms with Crippen molar-refractivity contribution in [1.82, 2.24) is 14.8 Å². The van der Waals surface area contributed by atoms with Gasteiger partial charge in [-0.3, -0.25) is 4.90 Å². The summed E-state index contributed by atoms with van der Waals surface area (Å²) in [6, 6.07) is 55.1. The number of hydrogen-bond acceptors (Lipinski definition) is 32. The first-order valence-electron chi connectivity index (χ1n) is 45.9. The van der Waals surface area contributed by atoms with Crippen LogP contribution in [-0.2, 0) is 12.8 Å². The lowest BCUT2D eigenvalue weighted by molar-refractivity contribution is -0.100. The van der Waals surface area contributed by atoms with E-state index in [4.69, 9.17) is 37.1 Å². The Morgan fingerprint density at radius 1 is 0.540 bits per heavy atom. The standard InChI is InChI=1S/C23H30ClFN2O5.C23H30FNO4.C20H27FN4O4.C20H23FN2O4S.C15H28FNO4/c1-27-6-5-14-8-18(24)20(29)9-16(14)17(11-27)13-3-2-4-15(7-13)26-10-19(25)22(31)23(32)21(30)12-28;1-25(2)19-12-9-18(10-13-19)8-5-16-3-6-17(7-4-16)11-14-20(24)22(28)23(29)21(27)15-26;1-22-13-3-5-14(6-4-13)23-24-15-7-9-16(10-8-15)25(2)11-17(21)19(28)20(29)18(27)12-26;1-11-2-7-15-17(8-11)28-20(23-15)12-3-5-13(6-4-12)22-9-14(21)18(26)19(27)16(25)10-24;1-2-8-17-9-4-6-11(17)5-3-7-12(16)14(20)15(21)13(19)10-18/h2-4,7-9,17,19,21-23,26,28-32H,5-6,10-12H2,1H3;3-10,12-13,20-23,26-29H,11,14-15H2,1-2H3;3-10,17-20,22,26-29H,11-12H2,1-2H3;2-8,14,16,18-19,22,24-27H,9-10H2,1H3;2,11-15,18-21H,1,3-10H2/b;8-5+;;;. The number of benzene rings is 8. The number of nitrogens with one attached hydrogen (secondary N) is 3. The molecule has 0 aliphatic carbocycles. The van der Waals surface area contributed by atoms with Crippen molar-refractivity contribution in [2.75, 3.05) is 140 Å². The van der Waals surface area contributed by atoms with Gasteiger partial charge in [0.05, 0.1) is 66.2 Å². The first-order chi connectivity index (χ1) is 66.3. The van der Waals surface area contributed by atoms with E-state index < -0.39 is 155 Å². The first kappa shape index (κ1) is 117. The SMILES string of the molecule is C=CCN1CCCC1CCCC(F)C(O)C(O)C(O)CO.CN(C)c1ccc(/C=C/c2ccc(CCC(F)C(O)C(O)C(O)CO)cc2)cc1.CN1CCc2cc(Cl)c(O)cc2C(c2cccc(NCC(F)C(O)C(O)C(O)CO)c2)C1.CNc1ccc(N=Nc2ccc(N(C)CC(F)C(O)C(O)C(O)CO)cc2)cc1.Cc1ccc2nc(-c3ccc(NCC(F)C(O)C(O)C(O)CO)cc3)sc2c1. The third kappa shape index (κ3) is 36.8. The Labute approximate surface area is 816 Å². The Morgan fingerprint density at radius 2 is 1.02 bits per heavy atom. The van der Waals surface area contributed by atoms with E-state index in [9.17, 15) is 104 Å². The molecule has 2 aliphatic rings. The van der Waals surface area contributed by atoms with E-state index in [0.29, 0.717) is 52.3 Å². The number of phenolic OH excluding ortho intramolecular Hbond substituents is 1. The van der Waals surface area contributed by atoms with Crippen molar-refractivity contribution >= 4 is 85.1 Å². The summed E-state index contributed by atoms with van der Waals surface area (Å²) in [5, 5.41) is 215. The van der Waals surface area contributed by atoms with Crippen molar-refractivity contribution in [3.8, 4) is 16.3 Å². The zero-order valence-electron chi connectivity index (χ0n) is 78.7. The van der Waals surface area contributed by atoms with Gasteiger partial charge in [-0.25, -0.2) is 26.9 Å². The summed E-state index contributed by atoms with van der Waals surface area (Å²) >= 11 is 7.73. The predicted octanol–water partition coefficient (Wildman–Crippen LogP) is 8.07. The van der Waals surface area contributed by atoms with Crippen LogP contribution in [0, 0.1) is 6.92 Å². The molecular formula is C101H138ClF5N10O21S. The molecule has 1 aromatic heterocycles. The van der Waals surface area contributed by atoms with Crippen LogP contribution in [-0.4, -0.2) is 365 Å². The van der Waals surface area contributed by atoms with Crippen LogP contribution >= 0.6 is 22.9 Å². The number of aliphatic hydroxyl groups excluding tert-OH is 20. The van der Waals surface area contributed by atoms with Crippen LogP contribution in [0.5, 0.6) is 5.75 Å². The molecule has 1 fully saturated rings. The third-order valence-corrected chi connectivity index (χ3v) is 25.3. The van der Waals surface area contributed by atoms with Gasteiger partial charge in [-0.1, -0.05) is 84.4 Å². The quantitative estimate of drug-likeness (QED) is 0.00741. The average molecular weight is 1990 g/mol. The number of halogens is 6. The van der Waals surface area contributed by atoms with Gasteiger partial charge in [-0.05, 0) is 232 Å². The molecule has 0 radical (unpaired) electrons. The molecule has 1 saturated heterocycles. The van der Waals surface area contributed by atoms with Gasteiger partial charge in [0.15, 0.2) is 0 Å². The fourth-order valence-electron chi connectivity index (χ4n) is 15.2. The van der Waals surface area contributed by atoms with E-state index in [1.807, 2.05) is 155 Å². The van der Waals surface area contributed by atoms with E-state index in [0.717, 1.165) is 117 Å². The molecule has 0 saturated carbocycles. The maximum Gasteiger partial charge on any atom is 0.146 e. The third-order valence-electron chi connectivity index (χ3n) is 23.9. The maximum absolute atomic E-state index is 14.4. The van der Waals surface area contributed by atoms with E-state index >= 15 is 0 Å². The number of azo groups is 1. The minimum Gasteiger partial charge on any atom is -0.506 e. The second-order valence-corrected chi connectivity index (χ2v) is 36.2. The fraction of sp³-hybridized carbons (Fsp3) is 0.475. The van der Waals surface area contributed by atoms with Crippen molar-refractivity contribution in [3.63, 3.8) is 0 Å². The van der Waals surface area contributed by atoms with Gasteiger partial charge in [0.25, 0.3) is 0 Å². The number of thiazole rings is 1. The van der Waals surface area contributed by atoms with Crippen molar-refractivity contribution < 1.29 is 129 Å². The van der Waals surface area contributed by atoms with Gasteiger partial charge in [-0.2, -0.15) is 10.2 Å². The summed E-state index contributed by atoms with van der Waals surface area (Å²) < 4.78 is 71.7. The van der Waals surface area contributed by atoms with Crippen LogP contribution in [0.25, 0.3) is 32.9 Å². The second-order valence-electron chi connectivity index (χ2n) is 34.8. The molecule has 8 aromatic carbocycles. The van der Waals surface area contributed by atoms with Crippen LogP contribution in [0.3, 0.4) is 0 Å². The summed E-state index contributed by atoms with van der Waals surface area (Å²) in [7, 11) is 9.50. The van der Waals surface area contributed by atoms with Crippen LogP contribution in [0.4, 0.5) is 61.8 Å². The Bertz CT molecular complexity index is 5090. The van der Waals surface area contributed by atoms with E-state index in [2.05, 4.69) is 77.9 Å². The number of anilines is 5. The number of rotatable bonds is 46. The van der Waals surface area contributed by atoms with E-state index in [1.54, 1.807) is 71.8 Å². The number of alkyl halides is 5. The van der Waals surface area contributed by atoms with Crippen molar-refractivity contribution in [2.45, 2.75) is 193 Å². The van der Waals surface area contributed by atoms with Gasteiger partial charge in [0.1, 0.15) is 133 Å². The number of aryl methyl sites for hydroxylation is 2. The van der Waals surface area contributed by atoms with Crippen LogP contribution in [0.2, 0.25) is 5.02 Å². The molecule has 22 unspecified atom stereocenters. The Balaban J connectivity index is 0.000000238. The Kier molecular flexibility index (Phi) is 49.9. The lowest BCUT2D eigenvalue weighted by atomic mass is 9.87. The summed E-state index contributed by atoms with van der Waals surface area (Å²) in [5.41, 5.74) is 14.5. The molecule has 766 valence electrons. The molecule has 0 spiro atoms. The van der Waals surface area contributed by atoms with E-state index in [-0.39, 0.29) is 44.1 Å². The van der Waals surface area contributed by atoms with Gasteiger partial charge in [0.2, 0.25) is 0 Å². The molecule has 24 N–H and O–H groups in total. The number of fused-ring (bicyclic) bond motifs is 2. The number of phenols is 1. The molecule has 31 nitrogen and oxygen atoms in total. The van der Waals surface area contributed by atoms with Crippen molar-refractivity contribution in [2.24, 2.45) is 10.2 Å². The number of likely N-dealkylation sites (tertiary alicyclic amines) is 1.